The van der Waals surface area contributed by atoms with Crippen LogP contribution in [-0.2, 0) is 10.2 Å². The minimum absolute atomic E-state index is 0.00574. The highest BCUT2D eigenvalue weighted by molar-refractivity contribution is 7.80. The van der Waals surface area contributed by atoms with Gasteiger partial charge in [-0.3, -0.25) is 25.8 Å². The van der Waals surface area contributed by atoms with Crippen molar-refractivity contribution in [3.63, 3.8) is 0 Å². The lowest BCUT2D eigenvalue weighted by Gasteiger charge is -2.19. The first-order chi connectivity index (χ1) is 13.1. The lowest BCUT2D eigenvalue weighted by molar-refractivity contribution is -0.123. The molecule has 0 aliphatic rings. The standard InChI is InChI=1S/C21H25N3O3S/c1-14-6-5-7-17(12-14)27-13-18(25)23-24-20(28)22-19(26)15-8-10-16(11-9-15)21(2,3)4/h5-12H,13H2,1-4H3,(H,23,25)(H2,22,24,26,28). The van der Waals surface area contributed by atoms with Crippen LogP contribution < -0.4 is 20.9 Å². The molecule has 2 rings (SSSR count). The molecule has 6 nitrogen and oxygen atoms in total. The van der Waals surface area contributed by atoms with Crippen LogP contribution in [0.3, 0.4) is 0 Å². The van der Waals surface area contributed by atoms with Gasteiger partial charge in [-0.2, -0.15) is 0 Å². The van der Waals surface area contributed by atoms with Gasteiger partial charge in [0.05, 0.1) is 0 Å². The van der Waals surface area contributed by atoms with Gasteiger partial charge in [0, 0.05) is 5.56 Å². The van der Waals surface area contributed by atoms with E-state index in [1.807, 2.05) is 37.3 Å². The molecule has 0 radical (unpaired) electrons. The summed E-state index contributed by atoms with van der Waals surface area (Å²) in [5.41, 5.74) is 7.53. The number of hydrazine groups is 1. The maximum Gasteiger partial charge on any atom is 0.276 e. The molecule has 7 heteroatoms. The number of benzene rings is 2. The second-order valence-electron chi connectivity index (χ2n) is 7.39. The number of carbonyl (C=O) groups is 2. The van der Waals surface area contributed by atoms with Crippen molar-refractivity contribution in [1.29, 1.82) is 0 Å². The third-order valence-corrected chi connectivity index (χ3v) is 4.12. The van der Waals surface area contributed by atoms with E-state index in [9.17, 15) is 9.59 Å². The smallest absolute Gasteiger partial charge is 0.276 e. The lowest BCUT2D eigenvalue weighted by Crippen LogP contribution is -2.49. The number of ether oxygens (including phenoxy) is 1. The first-order valence-corrected chi connectivity index (χ1v) is 9.26. The summed E-state index contributed by atoms with van der Waals surface area (Å²) in [7, 11) is 0. The summed E-state index contributed by atoms with van der Waals surface area (Å²) < 4.78 is 5.39. The molecule has 3 N–H and O–H groups in total. The van der Waals surface area contributed by atoms with Crippen LogP contribution in [0.1, 0.15) is 42.3 Å². The number of hydrogen-bond donors (Lipinski definition) is 3. The van der Waals surface area contributed by atoms with E-state index in [2.05, 4.69) is 36.9 Å². The molecule has 2 aromatic carbocycles. The highest BCUT2D eigenvalue weighted by Gasteiger charge is 2.15. The molecule has 2 amide bonds. The summed E-state index contributed by atoms with van der Waals surface area (Å²) in [6.45, 7) is 8.07. The van der Waals surface area contributed by atoms with Crippen molar-refractivity contribution < 1.29 is 14.3 Å². The van der Waals surface area contributed by atoms with E-state index in [-0.39, 0.29) is 23.0 Å². The van der Waals surface area contributed by atoms with Crippen LogP contribution in [0, 0.1) is 6.92 Å². The van der Waals surface area contributed by atoms with E-state index in [4.69, 9.17) is 17.0 Å². The van der Waals surface area contributed by atoms with Crippen LogP contribution in [0.25, 0.3) is 0 Å². The Morgan fingerprint density at radius 3 is 2.32 bits per heavy atom. The second-order valence-corrected chi connectivity index (χ2v) is 7.80. The quantitative estimate of drug-likeness (QED) is 0.544. The van der Waals surface area contributed by atoms with E-state index in [1.54, 1.807) is 18.2 Å². The van der Waals surface area contributed by atoms with E-state index in [1.165, 1.54) is 0 Å². The van der Waals surface area contributed by atoms with Crippen LogP contribution in [0.5, 0.6) is 5.75 Å². The van der Waals surface area contributed by atoms with E-state index in [0.717, 1.165) is 11.1 Å². The Kier molecular flexibility index (Phi) is 7.12. The summed E-state index contributed by atoms with van der Waals surface area (Å²) in [5.74, 6) is -0.180. The molecule has 0 heterocycles. The Balaban J connectivity index is 1.77. The van der Waals surface area contributed by atoms with Gasteiger partial charge in [0.2, 0.25) is 0 Å². The van der Waals surface area contributed by atoms with Crippen molar-refractivity contribution in [2.75, 3.05) is 6.61 Å². The Hall–Kier alpha value is -2.93. The van der Waals surface area contributed by atoms with Crippen LogP contribution in [0.15, 0.2) is 48.5 Å². The van der Waals surface area contributed by atoms with Gasteiger partial charge in [0.1, 0.15) is 5.75 Å². The number of hydrogen-bond acceptors (Lipinski definition) is 4. The van der Waals surface area contributed by atoms with Crippen molar-refractivity contribution in [3.05, 3.63) is 65.2 Å². The molecule has 148 valence electrons. The minimum Gasteiger partial charge on any atom is -0.484 e. The van der Waals surface area contributed by atoms with Crippen LogP contribution in [0.2, 0.25) is 0 Å². The fourth-order valence-corrected chi connectivity index (χ4v) is 2.49. The molecule has 0 unspecified atom stereocenters. The summed E-state index contributed by atoms with van der Waals surface area (Å²) in [5, 5.41) is 2.51. The van der Waals surface area contributed by atoms with Gasteiger partial charge in [-0.15, -0.1) is 0 Å². The lowest BCUT2D eigenvalue weighted by atomic mass is 9.87. The maximum atomic E-state index is 12.2. The molecular formula is C21H25N3O3S. The van der Waals surface area contributed by atoms with Gasteiger partial charge < -0.3 is 4.74 Å². The fourth-order valence-electron chi connectivity index (χ4n) is 2.34. The van der Waals surface area contributed by atoms with E-state index < -0.39 is 5.91 Å². The topological polar surface area (TPSA) is 79.5 Å². The van der Waals surface area contributed by atoms with Crippen molar-refractivity contribution in [2.45, 2.75) is 33.1 Å². The summed E-state index contributed by atoms with van der Waals surface area (Å²) >= 11 is 5.03. The van der Waals surface area contributed by atoms with Gasteiger partial charge in [-0.05, 0) is 59.9 Å². The second kappa shape index (κ2) is 9.32. The van der Waals surface area contributed by atoms with Crippen molar-refractivity contribution >= 4 is 29.1 Å². The molecule has 0 aliphatic carbocycles. The summed E-state index contributed by atoms with van der Waals surface area (Å²) in [4.78, 5) is 24.0. The number of rotatable bonds is 4. The normalized spacial score (nSPS) is 10.7. The summed E-state index contributed by atoms with van der Waals surface area (Å²) in [6.07, 6.45) is 0. The highest BCUT2D eigenvalue weighted by atomic mass is 32.1. The van der Waals surface area contributed by atoms with Gasteiger partial charge in [-0.1, -0.05) is 45.0 Å². The average Bonchev–Trinajstić information content (AvgIpc) is 2.64. The molecule has 0 bridgehead atoms. The molecule has 0 fully saturated rings. The Morgan fingerprint density at radius 2 is 1.71 bits per heavy atom. The monoisotopic (exact) mass is 399 g/mol. The molecule has 0 aliphatic heterocycles. The number of carbonyl (C=O) groups excluding carboxylic acids is 2. The molecule has 0 aromatic heterocycles. The number of nitrogens with one attached hydrogen (secondary N) is 3. The van der Waals surface area contributed by atoms with Gasteiger partial charge in [0.15, 0.2) is 11.7 Å². The molecule has 0 spiro atoms. The Bertz CT molecular complexity index is 858. The van der Waals surface area contributed by atoms with E-state index >= 15 is 0 Å². The zero-order valence-electron chi connectivity index (χ0n) is 16.5. The van der Waals surface area contributed by atoms with E-state index in [0.29, 0.717) is 11.3 Å². The molecule has 28 heavy (non-hydrogen) atoms. The average molecular weight is 400 g/mol. The Morgan fingerprint density at radius 1 is 1.04 bits per heavy atom. The number of amides is 2. The first-order valence-electron chi connectivity index (χ1n) is 8.85. The molecular weight excluding hydrogens is 374 g/mol. The van der Waals surface area contributed by atoms with Crippen molar-refractivity contribution in [3.8, 4) is 5.75 Å². The first kappa shape index (κ1) is 21.4. The predicted molar refractivity (Wildman–Crippen MR) is 113 cm³/mol. The largest absolute Gasteiger partial charge is 0.484 e. The van der Waals surface area contributed by atoms with Gasteiger partial charge in [0.25, 0.3) is 11.8 Å². The van der Waals surface area contributed by atoms with Crippen LogP contribution in [-0.4, -0.2) is 23.5 Å². The molecule has 0 atom stereocenters. The van der Waals surface area contributed by atoms with Crippen LogP contribution >= 0.6 is 12.2 Å². The zero-order valence-corrected chi connectivity index (χ0v) is 17.3. The predicted octanol–water partition coefficient (Wildman–Crippen LogP) is 3.01. The van der Waals surface area contributed by atoms with Crippen molar-refractivity contribution in [1.82, 2.24) is 16.2 Å². The third kappa shape index (κ3) is 6.66. The molecule has 2 aromatic rings. The SMILES string of the molecule is Cc1cccc(OCC(=O)NNC(=S)NC(=O)c2ccc(C(C)(C)C)cc2)c1. The molecule has 0 saturated heterocycles. The number of thiocarbonyl (C=S) groups is 1. The maximum absolute atomic E-state index is 12.2. The summed E-state index contributed by atoms with van der Waals surface area (Å²) in [6, 6.07) is 14.7. The third-order valence-electron chi connectivity index (χ3n) is 3.92. The van der Waals surface area contributed by atoms with Crippen molar-refractivity contribution in [2.24, 2.45) is 0 Å². The Labute approximate surface area is 170 Å². The zero-order chi connectivity index (χ0) is 20.7. The fraction of sp³-hybridized carbons (Fsp3) is 0.286. The number of aryl methyl sites for hydroxylation is 1. The minimum atomic E-state index is -0.423. The van der Waals surface area contributed by atoms with Gasteiger partial charge >= 0.3 is 0 Å². The van der Waals surface area contributed by atoms with Gasteiger partial charge in [-0.25, -0.2) is 0 Å². The molecule has 0 saturated carbocycles. The highest BCUT2D eigenvalue weighted by Crippen LogP contribution is 2.22. The van der Waals surface area contributed by atoms with Crippen LogP contribution in [0.4, 0.5) is 0 Å².